The highest BCUT2D eigenvalue weighted by Gasteiger charge is 2.39. The number of halogens is 3. The summed E-state index contributed by atoms with van der Waals surface area (Å²) in [6.07, 6.45) is -3.93. The second-order valence-corrected chi connectivity index (χ2v) is 7.02. The molecule has 11 heteroatoms. The lowest BCUT2D eigenvalue weighted by Gasteiger charge is -2.31. The van der Waals surface area contributed by atoms with Crippen molar-refractivity contribution in [2.75, 3.05) is 13.1 Å². The highest BCUT2D eigenvalue weighted by Crippen LogP contribution is 2.28. The van der Waals surface area contributed by atoms with E-state index in [0.29, 0.717) is 41.8 Å². The van der Waals surface area contributed by atoms with E-state index in [2.05, 4.69) is 10.3 Å². The number of benzene rings is 1. The van der Waals surface area contributed by atoms with Gasteiger partial charge in [0.15, 0.2) is 5.58 Å². The smallest absolute Gasteiger partial charge is 0.356 e. The number of nitrogens with zero attached hydrogens (tertiary/aromatic N) is 5. The van der Waals surface area contributed by atoms with Crippen molar-refractivity contribution in [1.29, 1.82) is 0 Å². The van der Waals surface area contributed by atoms with Crippen LogP contribution < -0.4 is 5.69 Å². The fraction of sp³-hybridized carbons (Fsp3) is 0.444. The summed E-state index contributed by atoms with van der Waals surface area (Å²) in [5.41, 5.74) is 0.337. The lowest BCUT2D eigenvalue weighted by Crippen LogP contribution is -2.41. The maximum absolute atomic E-state index is 13.0. The zero-order chi connectivity index (χ0) is 20.8. The molecule has 0 bridgehead atoms. The minimum atomic E-state index is -4.70. The number of likely N-dealkylation sites (tertiary alicyclic amines) is 1. The molecule has 1 fully saturated rings. The maximum Gasteiger partial charge on any atom is 0.451 e. The fourth-order valence-electron chi connectivity index (χ4n) is 3.62. The summed E-state index contributed by atoms with van der Waals surface area (Å²) in [4.78, 5) is 26.4. The van der Waals surface area contributed by atoms with Gasteiger partial charge in [0.2, 0.25) is 11.7 Å². The molecule has 0 aliphatic carbocycles. The Morgan fingerprint density at radius 2 is 1.93 bits per heavy atom. The highest BCUT2D eigenvalue weighted by atomic mass is 19.4. The molecule has 1 aromatic carbocycles. The topological polar surface area (TPSA) is 86.2 Å². The van der Waals surface area contributed by atoms with Crippen LogP contribution in [-0.4, -0.2) is 43.4 Å². The third kappa shape index (κ3) is 3.52. The number of carbonyl (C=O) groups is 1. The van der Waals surface area contributed by atoms with Gasteiger partial charge in [-0.1, -0.05) is 17.3 Å². The van der Waals surface area contributed by atoms with Gasteiger partial charge >= 0.3 is 11.9 Å². The molecule has 1 saturated heterocycles. The van der Waals surface area contributed by atoms with Crippen molar-refractivity contribution in [2.45, 2.75) is 31.5 Å². The van der Waals surface area contributed by atoms with Crippen LogP contribution in [0.25, 0.3) is 11.0 Å². The zero-order valence-corrected chi connectivity index (χ0v) is 15.5. The predicted molar refractivity (Wildman–Crippen MR) is 95.0 cm³/mol. The van der Waals surface area contributed by atoms with E-state index in [-0.39, 0.29) is 12.3 Å². The first kappa shape index (κ1) is 19.2. The third-order valence-electron chi connectivity index (χ3n) is 5.19. The Morgan fingerprint density at radius 3 is 2.59 bits per heavy atom. The second kappa shape index (κ2) is 7.05. The van der Waals surface area contributed by atoms with E-state index in [1.165, 1.54) is 0 Å². The molecule has 1 aliphatic heterocycles. The van der Waals surface area contributed by atoms with Crippen LogP contribution in [0.2, 0.25) is 0 Å². The Morgan fingerprint density at radius 1 is 1.24 bits per heavy atom. The normalized spacial score (nSPS) is 15.9. The quantitative estimate of drug-likeness (QED) is 0.662. The van der Waals surface area contributed by atoms with Crippen LogP contribution in [0.1, 0.15) is 30.4 Å². The molecular weight excluding hydrogens is 391 g/mol. The van der Waals surface area contributed by atoms with Crippen molar-refractivity contribution in [2.24, 2.45) is 7.05 Å². The molecule has 0 unspecified atom stereocenters. The molecule has 0 atom stereocenters. The molecule has 1 amide bonds. The molecule has 0 N–H and O–H groups in total. The summed E-state index contributed by atoms with van der Waals surface area (Å²) in [6, 6.07) is 6.75. The molecule has 0 saturated carbocycles. The standard InChI is InChI=1S/C18H18F3N5O3/c1-24-16(18(19,20)21)22-26(17(24)28)11-6-8-25(9-7-11)15(27)10-13-12-4-2-3-5-14(12)29-23-13/h2-5,11H,6-10H2,1H3. The van der Waals surface area contributed by atoms with E-state index >= 15 is 0 Å². The number of rotatable bonds is 3. The van der Waals surface area contributed by atoms with Gasteiger partial charge in [0, 0.05) is 25.5 Å². The van der Waals surface area contributed by atoms with E-state index < -0.39 is 23.7 Å². The van der Waals surface area contributed by atoms with Crippen molar-refractivity contribution in [1.82, 2.24) is 24.4 Å². The lowest BCUT2D eigenvalue weighted by atomic mass is 10.0. The van der Waals surface area contributed by atoms with Gasteiger partial charge in [-0.3, -0.25) is 9.36 Å². The first-order chi connectivity index (χ1) is 13.8. The van der Waals surface area contributed by atoms with E-state index in [0.717, 1.165) is 17.1 Å². The van der Waals surface area contributed by atoms with E-state index in [1.54, 1.807) is 11.0 Å². The number of carbonyl (C=O) groups excluding carboxylic acids is 1. The molecule has 29 heavy (non-hydrogen) atoms. The van der Waals surface area contributed by atoms with Crippen LogP contribution in [0, 0.1) is 0 Å². The summed E-state index contributed by atoms with van der Waals surface area (Å²) in [7, 11) is 1.05. The molecule has 3 aromatic rings. The lowest BCUT2D eigenvalue weighted by molar-refractivity contribution is -0.147. The van der Waals surface area contributed by atoms with Crippen LogP contribution >= 0.6 is 0 Å². The number of alkyl halides is 3. The minimum Gasteiger partial charge on any atom is -0.356 e. The Labute approximate surface area is 162 Å². The number of piperidine rings is 1. The molecule has 154 valence electrons. The largest absolute Gasteiger partial charge is 0.451 e. The Hall–Kier alpha value is -3.11. The first-order valence-electron chi connectivity index (χ1n) is 9.09. The Bertz CT molecular complexity index is 1110. The average molecular weight is 409 g/mol. The molecule has 0 spiro atoms. The van der Waals surface area contributed by atoms with E-state index in [9.17, 15) is 22.8 Å². The SMILES string of the molecule is Cn1c(C(F)(F)F)nn(C2CCN(C(=O)Cc3noc4ccccc34)CC2)c1=O. The second-order valence-electron chi connectivity index (χ2n) is 7.02. The first-order valence-corrected chi connectivity index (χ1v) is 9.09. The summed E-state index contributed by atoms with van der Waals surface area (Å²) < 4.78 is 45.5. The maximum atomic E-state index is 13.0. The van der Waals surface area contributed by atoms with Gasteiger partial charge in [0.05, 0.1) is 12.5 Å². The molecule has 4 rings (SSSR count). The van der Waals surface area contributed by atoms with Crippen molar-refractivity contribution < 1.29 is 22.5 Å². The predicted octanol–water partition coefficient (Wildman–Crippen LogP) is 2.15. The number of para-hydroxylation sites is 1. The highest BCUT2D eigenvalue weighted by molar-refractivity contribution is 5.86. The number of hydrogen-bond donors (Lipinski definition) is 0. The van der Waals surface area contributed by atoms with Crippen LogP contribution in [-0.2, 0) is 24.4 Å². The molecule has 8 nitrogen and oxygen atoms in total. The fourth-order valence-corrected chi connectivity index (χ4v) is 3.62. The van der Waals surface area contributed by atoms with Gasteiger partial charge in [-0.05, 0) is 25.0 Å². The molecule has 3 heterocycles. The van der Waals surface area contributed by atoms with Gasteiger partial charge in [-0.15, -0.1) is 5.10 Å². The van der Waals surface area contributed by atoms with Gasteiger partial charge in [-0.2, -0.15) is 13.2 Å². The number of aromatic nitrogens is 4. The summed E-state index contributed by atoms with van der Waals surface area (Å²) in [5.74, 6) is -1.37. The summed E-state index contributed by atoms with van der Waals surface area (Å²) in [6.45, 7) is 0.646. The van der Waals surface area contributed by atoms with Gasteiger partial charge in [-0.25, -0.2) is 9.48 Å². The van der Waals surface area contributed by atoms with Crippen molar-refractivity contribution in [3.8, 4) is 0 Å². The average Bonchev–Trinajstić information content (AvgIpc) is 3.23. The Kier molecular flexibility index (Phi) is 4.67. The van der Waals surface area contributed by atoms with Crippen LogP contribution in [0.5, 0.6) is 0 Å². The number of hydrogen-bond acceptors (Lipinski definition) is 5. The Balaban J connectivity index is 1.43. The summed E-state index contributed by atoms with van der Waals surface area (Å²) in [5, 5.41) is 8.21. The minimum absolute atomic E-state index is 0.0729. The van der Waals surface area contributed by atoms with Gasteiger partial charge in [0.1, 0.15) is 5.69 Å². The zero-order valence-electron chi connectivity index (χ0n) is 15.5. The molecule has 1 aliphatic rings. The van der Waals surface area contributed by atoms with Crippen molar-refractivity contribution in [3.63, 3.8) is 0 Å². The third-order valence-corrected chi connectivity index (χ3v) is 5.19. The van der Waals surface area contributed by atoms with E-state index in [4.69, 9.17) is 4.52 Å². The number of fused-ring (bicyclic) bond motifs is 1. The van der Waals surface area contributed by atoms with Crippen LogP contribution in [0.4, 0.5) is 13.2 Å². The van der Waals surface area contributed by atoms with Crippen LogP contribution in [0.15, 0.2) is 33.6 Å². The van der Waals surface area contributed by atoms with Gasteiger partial charge < -0.3 is 9.42 Å². The summed E-state index contributed by atoms with van der Waals surface area (Å²) >= 11 is 0. The monoisotopic (exact) mass is 409 g/mol. The molecule has 2 aromatic heterocycles. The van der Waals surface area contributed by atoms with Crippen LogP contribution in [0.3, 0.4) is 0 Å². The molecular formula is C18H18F3N5O3. The van der Waals surface area contributed by atoms with Crippen molar-refractivity contribution in [3.05, 3.63) is 46.3 Å². The van der Waals surface area contributed by atoms with E-state index in [1.807, 2.05) is 18.2 Å². The number of amides is 1. The van der Waals surface area contributed by atoms with Crippen molar-refractivity contribution >= 4 is 16.9 Å². The van der Waals surface area contributed by atoms with Gasteiger partial charge in [0.25, 0.3) is 0 Å². The molecule has 0 radical (unpaired) electrons.